The third-order valence-electron chi connectivity index (χ3n) is 3.79. The van der Waals surface area contributed by atoms with Crippen LogP contribution in [0.3, 0.4) is 0 Å². The van der Waals surface area contributed by atoms with Crippen molar-refractivity contribution in [3.05, 3.63) is 29.3 Å². The van der Waals surface area contributed by atoms with Crippen LogP contribution in [0.4, 0.5) is 0 Å². The number of sulfonamides is 1. The van der Waals surface area contributed by atoms with Crippen LogP contribution in [-0.4, -0.2) is 14.5 Å². The van der Waals surface area contributed by atoms with Crippen LogP contribution >= 0.6 is 0 Å². The van der Waals surface area contributed by atoms with E-state index < -0.39 is 10.0 Å². The molecule has 3 N–H and O–H groups in total. The Morgan fingerprint density at radius 1 is 1.37 bits per heavy atom. The van der Waals surface area contributed by atoms with Crippen molar-refractivity contribution >= 4 is 10.0 Å². The molecule has 0 aromatic heterocycles. The molecule has 1 aromatic carbocycles. The van der Waals surface area contributed by atoms with E-state index in [0.29, 0.717) is 23.8 Å². The third-order valence-corrected chi connectivity index (χ3v) is 5.36. The molecule has 1 saturated carbocycles. The molecular weight excluding hydrogens is 260 g/mol. The summed E-state index contributed by atoms with van der Waals surface area (Å²) >= 11 is 0. The van der Waals surface area contributed by atoms with Crippen LogP contribution < -0.4 is 10.5 Å². The van der Waals surface area contributed by atoms with Gasteiger partial charge in [0.2, 0.25) is 10.0 Å². The first-order valence-corrected chi connectivity index (χ1v) is 8.34. The number of nitrogens with one attached hydrogen (secondary N) is 1. The van der Waals surface area contributed by atoms with Gasteiger partial charge in [0, 0.05) is 12.6 Å². The molecule has 1 aliphatic rings. The number of hydrogen-bond acceptors (Lipinski definition) is 3. The van der Waals surface area contributed by atoms with Gasteiger partial charge in [-0.15, -0.1) is 0 Å². The molecule has 5 heteroatoms. The van der Waals surface area contributed by atoms with Crippen LogP contribution in [0.15, 0.2) is 23.1 Å². The zero-order valence-electron chi connectivity index (χ0n) is 11.5. The highest BCUT2D eigenvalue weighted by Crippen LogP contribution is 2.34. The Morgan fingerprint density at radius 2 is 2.11 bits per heavy atom. The zero-order chi connectivity index (χ0) is 14.0. The first-order chi connectivity index (χ1) is 9.01. The Kier molecular flexibility index (Phi) is 4.28. The van der Waals surface area contributed by atoms with Crippen molar-refractivity contribution in [2.45, 2.75) is 50.6 Å². The second kappa shape index (κ2) is 5.61. The van der Waals surface area contributed by atoms with Crippen LogP contribution in [-0.2, 0) is 23.0 Å². The molecule has 0 bridgehead atoms. The van der Waals surface area contributed by atoms with E-state index in [1.807, 2.05) is 19.1 Å². The van der Waals surface area contributed by atoms with E-state index in [4.69, 9.17) is 5.73 Å². The van der Waals surface area contributed by atoms with Gasteiger partial charge in [-0.1, -0.05) is 32.4 Å². The van der Waals surface area contributed by atoms with Crippen LogP contribution in [0, 0.1) is 5.92 Å². The minimum absolute atomic E-state index is 0.112. The van der Waals surface area contributed by atoms with Crippen LogP contribution in [0.5, 0.6) is 0 Å². The summed E-state index contributed by atoms with van der Waals surface area (Å²) in [6.07, 6.45) is 2.67. The number of aryl methyl sites for hydroxylation is 1. The first kappa shape index (κ1) is 14.5. The Morgan fingerprint density at radius 3 is 2.63 bits per heavy atom. The van der Waals surface area contributed by atoms with Gasteiger partial charge >= 0.3 is 0 Å². The van der Waals surface area contributed by atoms with E-state index in [1.54, 1.807) is 6.07 Å². The van der Waals surface area contributed by atoms with Crippen molar-refractivity contribution in [3.63, 3.8) is 0 Å². The fourth-order valence-corrected chi connectivity index (χ4v) is 4.05. The molecule has 0 aliphatic heterocycles. The normalized spacial score (nSPS) is 22.5. The molecule has 106 valence electrons. The Bertz CT molecular complexity index is 555. The lowest BCUT2D eigenvalue weighted by atomic mass is 10.1. The largest absolute Gasteiger partial charge is 0.326 e. The van der Waals surface area contributed by atoms with E-state index >= 15 is 0 Å². The second-order valence-electron chi connectivity index (χ2n) is 5.13. The molecule has 2 atom stereocenters. The first-order valence-electron chi connectivity index (χ1n) is 6.86. The predicted molar refractivity (Wildman–Crippen MR) is 76.2 cm³/mol. The molecule has 0 radical (unpaired) electrons. The standard InChI is InChI=1S/C14H22N2O2S/c1-3-11-6-5-10(9-15)7-14(11)19(17,18)16-13-8-12(13)4-2/h5-7,12-13,16H,3-4,8-9,15H2,1-2H3. The highest BCUT2D eigenvalue weighted by atomic mass is 32.2. The molecule has 0 heterocycles. The van der Waals surface area contributed by atoms with Gasteiger partial charge in [-0.05, 0) is 36.0 Å². The second-order valence-corrected chi connectivity index (χ2v) is 6.81. The van der Waals surface area contributed by atoms with Crippen molar-refractivity contribution in [2.24, 2.45) is 11.7 Å². The number of hydrogen-bond donors (Lipinski definition) is 2. The molecule has 1 aromatic rings. The molecule has 0 amide bonds. The average molecular weight is 282 g/mol. The van der Waals surface area contributed by atoms with E-state index in [1.165, 1.54) is 0 Å². The maximum Gasteiger partial charge on any atom is 0.241 e. The fourth-order valence-electron chi connectivity index (χ4n) is 2.37. The van der Waals surface area contributed by atoms with Gasteiger partial charge in [-0.2, -0.15) is 0 Å². The highest BCUT2D eigenvalue weighted by Gasteiger charge is 2.39. The van der Waals surface area contributed by atoms with Crippen molar-refractivity contribution in [2.75, 3.05) is 0 Å². The van der Waals surface area contributed by atoms with E-state index in [9.17, 15) is 8.42 Å². The average Bonchev–Trinajstić information content (AvgIpc) is 3.15. The summed E-state index contributed by atoms with van der Waals surface area (Å²) in [5.74, 6) is 0.498. The smallest absolute Gasteiger partial charge is 0.241 e. The van der Waals surface area contributed by atoms with Gasteiger partial charge in [0.05, 0.1) is 4.90 Å². The number of rotatable bonds is 6. The van der Waals surface area contributed by atoms with Crippen molar-refractivity contribution < 1.29 is 8.42 Å². The molecule has 1 fully saturated rings. The maximum atomic E-state index is 12.4. The summed E-state index contributed by atoms with van der Waals surface area (Å²) in [6, 6.07) is 5.57. The highest BCUT2D eigenvalue weighted by molar-refractivity contribution is 7.89. The predicted octanol–water partition coefficient (Wildman–Crippen LogP) is 1.78. The summed E-state index contributed by atoms with van der Waals surface area (Å²) in [5.41, 5.74) is 7.29. The van der Waals surface area contributed by atoms with Gasteiger partial charge in [0.15, 0.2) is 0 Å². The summed E-state index contributed by atoms with van der Waals surface area (Å²) in [7, 11) is -3.42. The third kappa shape index (κ3) is 3.16. The lowest BCUT2D eigenvalue weighted by molar-refractivity contribution is 0.574. The maximum absolute atomic E-state index is 12.4. The summed E-state index contributed by atoms with van der Waals surface area (Å²) in [4.78, 5) is 0.389. The Labute approximate surface area is 115 Å². The number of benzene rings is 1. The molecule has 1 aliphatic carbocycles. The van der Waals surface area contributed by atoms with E-state index in [-0.39, 0.29) is 6.04 Å². The quantitative estimate of drug-likeness (QED) is 0.835. The molecule has 2 rings (SSSR count). The van der Waals surface area contributed by atoms with Crippen molar-refractivity contribution in [3.8, 4) is 0 Å². The van der Waals surface area contributed by atoms with Gasteiger partial charge in [0.25, 0.3) is 0 Å². The van der Waals surface area contributed by atoms with Crippen molar-refractivity contribution in [1.82, 2.24) is 4.72 Å². The lowest BCUT2D eigenvalue weighted by Crippen LogP contribution is -2.28. The van der Waals surface area contributed by atoms with E-state index in [2.05, 4.69) is 11.6 Å². The molecule has 4 nitrogen and oxygen atoms in total. The van der Waals surface area contributed by atoms with Gasteiger partial charge in [0.1, 0.15) is 0 Å². The SMILES string of the molecule is CCc1ccc(CN)cc1S(=O)(=O)NC1CC1CC. The molecule has 19 heavy (non-hydrogen) atoms. The zero-order valence-corrected chi connectivity index (χ0v) is 12.3. The molecule has 0 saturated heterocycles. The van der Waals surface area contributed by atoms with Crippen LogP contribution in [0.1, 0.15) is 37.8 Å². The van der Waals surface area contributed by atoms with Gasteiger partial charge in [-0.25, -0.2) is 13.1 Å². The summed E-state index contributed by atoms with van der Waals surface area (Å²) < 4.78 is 27.7. The Balaban J connectivity index is 2.28. The minimum atomic E-state index is -3.42. The minimum Gasteiger partial charge on any atom is -0.326 e. The molecular formula is C14H22N2O2S. The monoisotopic (exact) mass is 282 g/mol. The van der Waals surface area contributed by atoms with Crippen LogP contribution in [0.25, 0.3) is 0 Å². The Hall–Kier alpha value is -0.910. The van der Waals surface area contributed by atoms with Gasteiger partial charge < -0.3 is 5.73 Å². The fraction of sp³-hybridized carbons (Fsp3) is 0.571. The van der Waals surface area contributed by atoms with Crippen molar-refractivity contribution in [1.29, 1.82) is 0 Å². The van der Waals surface area contributed by atoms with E-state index in [0.717, 1.165) is 24.0 Å². The summed E-state index contributed by atoms with van der Waals surface area (Å²) in [6.45, 7) is 4.40. The van der Waals surface area contributed by atoms with Gasteiger partial charge in [-0.3, -0.25) is 0 Å². The molecule has 0 spiro atoms. The topological polar surface area (TPSA) is 72.2 Å². The molecule has 2 unspecified atom stereocenters. The van der Waals surface area contributed by atoms with Crippen LogP contribution in [0.2, 0.25) is 0 Å². The summed E-state index contributed by atoms with van der Waals surface area (Å²) in [5, 5.41) is 0. The lowest BCUT2D eigenvalue weighted by Gasteiger charge is -2.12. The number of nitrogens with two attached hydrogens (primary N) is 1.